The van der Waals surface area contributed by atoms with Crippen molar-refractivity contribution in [2.45, 2.75) is 0 Å². The van der Waals surface area contributed by atoms with Gasteiger partial charge in [0.25, 0.3) is 5.69 Å². The molecule has 0 spiro atoms. The van der Waals surface area contributed by atoms with E-state index in [0.717, 1.165) is 0 Å². The first-order valence-electron chi connectivity index (χ1n) is 10.2. The number of nitrogens with one attached hydrogen (secondary N) is 1. The van der Waals surface area contributed by atoms with E-state index >= 15 is 0 Å². The van der Waals surface area contributed by atoms with Crippen LogP contribution in [0.1, 0.15) is 21.9 Å². The molecule has 0 saturated heterocycles. The molecule has 4 aromatic rings. The number of ketones is 1. The number of non-ortho nitro benzene ring substituents is 1. The van der Waals surface area contributed by atoms with Crippen LogP contribution in [0.3, 0.4) is 0 Å². The van der Waals surface area contributed by atoms with Crippen molar-refractivity contribution in [3.8, 4) is 11.3 Å². The van der Waals surface area contributed by atoms with Crippen molar-refractivity contribution in [1.29, 1.82) is 0 Å². The molecule has 1 N–H and O–H groups in total. The molecule has 168 valence electrons. The average molecular weight is 454 g/mol. The number of amides is 1. The zero-order valence-electron chi connectivity index (χ0n) is 17.7. The lowest BCUT2D eigenvalue weighted by atomic mass is 10.1. The molecule has 8 heteroatoms. The van der Waals surface area contributed by atoms with Crippen molar-refractivity contribution in [2.24, 2.45) is 0 Å². The summed E-state index contributed by atoms with van der Waals surface area (Å²) in [6, 6.07) is 19.4. The lowest BCUT2D eigenvalue weighted by molar-refractivity contribution is -0.384. The SMILES string of the molecule is O=C(/C=C/c1ccco1)Nc1ccc(C(=O)/C=C/c2ccc(-c3ccc([N+](=O)[O-])cc3)o2)cc1. The highest BCUT2D eigenvalue weighted by atomic mass is 16.6. The monoisotopic (exact) mass is 454 g/mol. The standard InChI is InChI=1S/C26H18N2O6/c29-24(14-11-23-12-15-25(34-23)19-5-9-21(10-6-19)28(31)32)18-3-7-20(8-4-18)27-26(30)16-13-22-2-1-17-33-22/h1-17H,(H,27,30)/b14-11+,16-13+. The Morgan fingerprint density at radius 2 is 1.59 bits per heavy atom. The third-order valence-electron chi connectivity index (χ3n) is 4.77. The van der Waals surface area contributed by atoms with E-state index in [1.807, 2.05) is 0 Å². The van der Waals surface area contributed by atoms with Crippen LogP contribution in [-0.2, 0) is 4.79 Å². The lowest BCUT2D eigenvalue weighted by Crippen LogP contribution is -2.07. The number of hydrogen-bond donors (Lipinski definition) is 1. The fourth-order valence-electron chi connectivity index (χ4n) is 3.04. The highest BCUT2D eigenvalue weighted by molar-refractivity contribution is 6.07. The summed E-state index contributed by atoms with van der Waals surface area (Å²) in [5.74, 6) is 1.01. The highest BCUT2D eigenvalue weighted by Crippen LogP contribution is 2.25. The van der Waals surface area contributed by atoms with Crippen molar-refractivity contribution in [2.75, 3.05) is 5.32 Å². The van der Waals surface area contributed by atoms with Crippen molar-refractivity contribution in [3.63, 3.8) is 0 Å². The fraction of sp³-hybridized carbons (Fsp3) is 0. The van der Waals surface area contributed by atoms with Crippen LogP contribution < -0.4 is 5.32 Å². The summed E-state index contributed by atoms with van der Waals surface area (Å²) < 4.78 is 10.8. The van der Waals surface area contributed by atoms with Gasteiger partial charge in [-0.1, -0.05) is 0 Å². The smallest absolute Gasteiger partial charge is 0.269 e. The van der Waals surface area contributed by atoms with Gasteiger partial charge in [0.2, 0.25) is 5.91 Å². The Kier molecular flexibility index (Phi) is 6.60. The van der Waals surface area contributed by atoms with E-state index in [-0.39, 0.29) is 17.4 Å². The topological polar surface area (TPSA) is 116 Å². The zero-order valence-corrected chi connectivity index (χ0v) is 17.7. The zero-order chi connectivity index (χ0) is 23.9. The maximum absolute atomic E-state index is 12.5. The average Bonchev–Trinajstić information content (AvgIpc) is 3.54. The molecule has 34 heavy (non-hydrogen) atoms. The Hall–Kier alpha value is -4.98. The van der Waals surface area contributed by atoms with Crippen LogP contribution in [0.15, 0.2) is 100 Å². The largest absolute Gasteiger partial charge is 0.465 e. The number of benzene rings is 2. The molecular formula is C26H18N2O6. The Labute approximate surface area is 194 Å². The van der Waals surface area contributed by atoms with Crippen LogP contribution in [0.4, 0.5) is 11.4 Å². The third-order valence-corrected chi connectivity index (χ3v) is 4.77. The molecule has 0 fully saturated rings. The number of carbonyl (C=O) groups excluding carboxylic acids is 2. The maximum atomic E-state index is 12.5. The van der Waals surface area contributed by atoms with Gasteiger partial charge >= 0.3 is 0 Å². The van der Waals surface area contributed by atoms with E-state index in [1.54, 1.807) is 72.8 Å². The molecule has 0 saturated carbocycles. The summed E-state index contributed by atoms with van der Waals surface area (Å²) in [5.41, 5.74) is 1.68. The van der Waals surface area contributed by atoms with E-state index in [2.05, 4.69) is 5.32 Å². The Morgan fingerprint density at radius 3 is 2.26 bits per heavy atom. The van der Waals surface area contributed by atoms with E-state index in [9.17, 15) is 19.7 Å². The molecule has 4 rings (SSSR count). The van der Waals surface area contributed by atoms with Crippen LogP contribution >= 0.6 is 0 Å². The quantitative estimate of drug-likeness (QED) is 0.151. The predicted molar refractivity (Wildman–Crippen MR) is 127 cm³/mol. The number of carbonyl (C=O) groups is 2. The van der Waals surface area contributed by atoms with Gasteiger partial charge in [0.05, 0.1) is 11.2 Å². The maximum Gasteiger partial charge on any atom is 0.269 e. The lowest BCUT2D eigenvalue weighted by Gasteiger charge is -2.03. The van der Waals surface area contributed by atoms with Gasteiger partial charge in [-0.3, -0.25) is 19.7 Å². The number of nitro benzene ring substituents is 1. The molecule has 0 radical (unpaired) electrons. The summed E-state index contributed by atoms with van der Waals surface area (Å²) in [7, 11) is 0. The minimum atomic E-state index is -0.466. The second-order valence-electron chi connectivity index (χ2n) is 7.12. The Bertz CT molecular complexity index is 1360. The highest BCUT2D eigenvalue weighted by Gasteiger charge is 2.08. The second kappa shape index (κ2) is 10.1. The number of rotatable bonds is 8. The molecule has 0 aliphatic rings. The Morgan fingerprint density at radius 1 is 0.853 bits per heavy atom. The number of hydrogen-bond acceptors (Lipinski definition) is 6. The number of furan rings is 2. The Balaban J connectivity index is 1.35. The number of nitrogens with zero attached hydrogens (tertiary/aromatic N) is 1. The normalized spacial score (nSPS) is 11.2. The summed E-state index contributed by atoms with van der Waals surface area (Å²) in [6.45, 7) is 0. The van der Waals surface area contributed by atoms with Gasteiger partial charge < -0.3 is 14.2 Å². The van der Waals surface area contributed by atoms with Gasteiger partial charge in [-0.05, 0) is 78.9 Å². The molecule has 0 unspecified atom stereocenters. The van der Waals surface area contributed by atoms with E-state index in [1.165, 1.54) is 30.5 Å². The summed E-state index contributed by atoms with van der Waals surface area (Å²) >= 11 is 0. The van der Waals surface area contributed by atoms with Crippen molar-refractivity contribution in [1.82, 2.24) is 0 Å². The first-order valence-corrected chi connectivity index (χ1v) is 10.2. The van der Waals surface area contributed by atoms with E-state index in [0.29, 0.717) is 34.1 Å². The third kappa shape index (κ3) is 5.63. The van der Waals surface area contributed by atoms with E-state index in [4.69, 9.17) is 8.83 Å². The van der Waals surface area contributed by atoms with Crippen LogP contribution in [0.5, 0.6) is 0 Å². The fourth-order valence-corrected chi connectivity index (χ4v) is 3.04. The first kappa shape index (κ1) is 22.2. The van der Waals surface area contributed by atoms with Gasteiger partial charge in [0.1, 0.15) is 17.3 Å². The molecule has 0 aliphatic heterocycles. The van der Waals surface area contributed by atoms with Crippen molar-refractivity contribution in [3.05, 3.63) is 118 Å². The molecule has 2 aromatic carbocycles. The van der Waals surface area contributed by atoms with Gasteiger partial charge in [0.15, 0.2) is 5.78 Å². The molecule has 0 aliphatic carbocycles. The molecule has 0 bridgehead atoms. The van der Waals surface area contributed by atoms with Gasteiger partial charge in [-0.25, -0.2) is 0 Å². The molecule has 8 nitrogen and oxygen atoms in total. The van der Waals surface area contributed by atoms with Gasteiger partial charge in [0, 0.05) is 35.0 Å². The second-order valence-corrected chi connectivity index (χ2v) is 7.12. The first-order chi connectivity index (χ1) is 16.5. The molecular weight excluding hydrogens is 436 g/mol. The van der Waals surface area contributed by atoms with Crippen molar-refractivity contribution >= 4 is 35.2 Å². The summed E-state index contributed by atoms with van der Waals surface area (Å²) in [4.78, 5) is 34.7. The molecule has 1 amide bonds. The summed E-state index contributed by atoms with van der Waals surface area (Å²) in [5, 5.41) is 13.5. The summed E-state index contributed by atoms with van der Waals surface area (Å²) in [6.07, 6.45) is 7.37. The molecule has 2 heterocycles. The molecule has 0 atom stereocenters. The number of nitro groups is 1. The molecule has 2 aromatic heterocycles. The van der Waals surface area contributed by atoms with Gasteiger partial charge in [-0.2, -0.15) is 0 Å². The minimum Gasteiger partial charge on any atom is -0.465 e. The minimum absolute atomic E-state index is 0.00282. The van der Waals surface area contributed by atoms with E-state index < -0.39 is 4.92 Å². The predicted octanol–water partition coefficient (Wildman–Crippen LogP) is 6.00. The van der Waals surface area contributed by atoms with Gasteiger partial charge in [-0.15, -0.1) is 0 Å². The van der Waals surface area contributed by atoms with Crippen molar-refractivity contribution < 1.29 is 23.3 Å². The van der Waals surface area contributed by atoms with Crippen LogP contribution in [0.2, 0.25) is 0 Å². The van der Waals surface area contributed by atoms with Crippen LogP contribution in [0.25, 0.3) is 23.5 Å². The number of anilines is 1. The van der Waals surface area contributed by atoms with Crippen LogP contribution in [-0.4, -0.2) is 16.6 Å². The number of allylic oxidation sites excluding steroid dienone is 1. The van der Waals surface area contributed by atoms with Crippen LogP contribution in [0, 0.1) is 10.1 Å².